The van der Waals surface area contributed by atoms with E-state index in [9.17, 15) is 23.1 Å². The van der Waals surface area contributed by atoms with Crippen molar-refractivity contribution >= 4 is 6.03 Å². The number of rotatable bonds is 5. The molecule has 0 aliphatic carbocycles. The number of aromatic nitrogens is 3. The molecule has 7 nitrogen and oxygen atoms in total. The van der Waals surface area contributed by atoms with Crippen LogP contribution in [0.4, 0.5) is 18.0 Å². The highest BCUT2D eigenvalue weighted by Gasteiger charge is 2.45. The molecule has 1 heterocycles. The van der Waals surface area contributed by atoms with Gasteiger partial charge in [-0.1, -0.05) is 13.8 Å². The highest BCUT2D eigenvalue weighted by molar-refractivity contribution is 5.74. The van der Waals surface area contributed by atoms with Crippen molar-refractivity contribution in [3.63, 3.8) is 0 Å². The number of hydrogen-bond acceptors (Lipinski definition) is 4. The van der Waals surface area contributed by atoms with Crippen LogP contribution < -0.4 is 10.6 Å². The number of hydrogen-bond donors (Lipinski definition) is 3. The van der Waals surface area contributed by atoms with E-state index in [2.05, 4.69) is 20.8 Å². The van der Waals surface area contributed by atoms with E-state index in [1.807, 2.05) is 0 Å². The molecule has 0 radical (unpaired) electrons. The Morgan fingerprint density at radius 1 is 1.32 bits per heavy atom. The first-order chi connectivity index (χ1) is 10.0. The molecule has 126 valence electrons. The average Bonchev–Trinajstić information content (AvgIpc) is 2.80. The van der Waals surface area contributed by atoms with Crippen LogP contribution in [0.1, 0.15) is 32.6 Å². The quantitative estimate of drug-likeness (QED) is 0.757. The summed E-state index contributed by atoms with van der Waals surface area (Å²) >= 11 is 0. The second kappa shape index (κ2) is 6.95. The normalized spacial score (nSPS) is 16.2. The zero-order valence-corrected chi connectivity index (χ0v) is 12.7. The molecule has 1 unspecified atom stereocenters. The summed E-state index contributed by atoms with van der Waals surface area (Å²) in [6.07, 6.45) is -6.00. The lowest BCUT2D eigenvalue weighted by Crippen LogP contribution is -2.55. The van der Waals surface area contributed by atoms with Crippen molar-refractivity contribution in [2.45, 2.75) is 45.1 Å². The Morgan fingerprint density at radius 3 is 2.32 bits per heavy atom. The average molecular weight is 323 g/mol. The molecule has 0 bridgehead atoms. The SMILES string of the molecule is CC(NC(=O)N[C@@H](C(C)C)[C@H](O)C(F)(F)F)c1nncn1C. The lowest BCUT2D eigenvalue weighted by molar-refractivity contribution is -0.214. The Bertz CT molecular complexity index is 503. The molecule has 3 atom stereocenters. The Labute approximate surface area is 125 Å². The number of carbonyl (C=O) groups excluding carboxylic acids is 1. The number of halogens is 3. The van der Waals surface area contributed by atoms with Gasteiger partial charge >= 0.3 is 12.2 Å². The summed E-state index contributed by atoms with van der Waals surface area (Å²) in [5.74, 6) is -0.153. The number of aliphatic hydroxyl groups excluding tert-OH is 1. The third-order valence-electron chi connectivity index (χ3n) is 3.17. The molecule has 0 aliphatic heterocycles. The number of nitrogens with one attached hydrogen (secondary N) is 2. The smallest absolute Gasteiger partial charge is 0.382 e. The molecule has 0 aromatic carbocycles. The summed E-state index contributed by atoms with van der Waals surface area (Å²) in [6.45, 7) is 4.58. The van der Waals surface area contributed by atoms with Crippen molar-refractivity contribution in [3.8, 4) is 0 Å². The first-order valence-corrected chi connectivity index (χ1v) is 6.69. The van der Waals surface area contributed by atoms with Crippen LogP contribution in [0.3, 0.4) is 0 Å². The van der Waals surface area contributed by atoms with E-state index < -0.39 is 36.3 Å². The predicted octanol–water partition coefficient (Wildman–Crippen LogP) is 1.12. The van der Waals surface area contributed by atoms with Gasteiger partial charge in [0, 0.05) is 7.05 Å². The van der Waals surface area contributed by atoms with Gasteiger partial charge in [-0.05, 0) is 12.8 Å². The lowest BCUT2D eigenvalue weighted by atomic mass is 9.98. The number of carbonyl (C=O) groups is 1. The van der Waals surface area contributed by atoms with Crippen molar-refractivity contribution in [2.24, 2.45) is 13.0 Å². The van der Waals surface area contributed by atoms with Gasteiger partial charge in [-0.3, -0.25) is 0 Å². The van der Waals surface area contributed by atoms with E-state index in [1.54, 1.807) is 18.5 Å². The largest absolute Gasteiger partial charge is 0.416 e. The van der Waals surface area contributed by atoms with Crippen molar-refractivity contribution in [1.82, 2.24) is 25.4 Å². The summed E-state index contributed by atoms with van der Waals surface area (Å²) in [5, 5.41) is 21.4. The van der Waals surface area contributed by atoms with Crippen LogP contribution >= 0.6 is 0 Å². The molecule has 3 N–H and O–H groups in total. The number of urea groups is 1. The van der Waals surface area contributed by atoms with Crippen LogP contribution in [-0.4, -0.2) is 44.2 Å². The fraction of sp³-hybridized carbons (Fsp3) is 0.750. The Kier molecular flexibility index (Phi) is 5.75. The molecule has 0 saturated carbocycles. The number of aryl methyl sites for hydroxylation is 1. The zero-order valence-electron chi connectivity index (χ0n) is 12.7. The third-order valence-corrected chi connectivity index (χ3v) is 3.17. The maximum absolute atomic E-state index is 12.6. The van der Waals surface area contributed by atoms with Gasteiger partial charge in [0.15, 0.2) is 11.9 Å². The first-order valence-electron chi connectivity index (χ1n) is 6.69. The zero-order chi connectivity index (χ0) is 17.1. The van der Waals surface area contributed by atoms with Gasteiger partial charge in [0.1, 0.15) is 6.33 Å². The Morgan fingerprint density at radius 2 is 1.91 bits per heavy atom. The standard InChI is InChI=1S/C12H20F3N5O2/c1-6(2)8(9(21)12(13,14)15)18-11(22)17-7(3)10-19-16-5-20(10)4/h5-9,21H,1-4H3,(H2,17,18,22)/t7?,8-,9-/m0/s1. The number of alkyl halides is 3. The molecule has 0 saturated heterocycles. The van der Waals surface area contributed by atoms with Crippen LogP contribution in [0.5, 0.6) is 0 Å². The maximum atomic E-state index is 12.6. The number of aliphatic hydroxyl groups is 1. The van der Waals surface area contributed by atoms with E-state index in [0.29, 0.717) is 5.82 Å². The van der Waals surface area contributed by atoms with Gasteiger partial charge in [0.25, 0.3) is 0 Å². The molecule has 22 heavy (non-hydrogen) atoms. The fourth-order valence-corrected chi connectivity index (χ4v) is 1.95. The van der Waals surface area contributed by atoms with E-state index >= 15 is 0 Å². The van der Waals surface area contributed by atoms with Crippen molar-refractivity contribution in [2.75, 3.05) is 0 Å². The summed E-state index contributed by atoms with van der Waals surface area (Å²) < 4.78 is 39.4. The van der Waals surface area contributed by atoms with Crippen LogP contribution in [0, 0.1) is 5.92 Å². The number of amides is 2. The lowest BCUT2D eigenvalue weighted by Gasteiger charge is -2.29. The summed E-state index contributed by atoms with van der Waals surface area (Å²) in [4.78, 5) is 11.8. The monoisotopic (exact) mass is 323 g/mol. The maximum Gasteiger partial charge on any atom is 0.416 e. The second-order valence-corrected chi connectivity index (χ2v) is 5.40. The van der Waals surface area contributed by atoms with Crippen LogP contribution in [0.2, 0.25) is 0 Å². The van der Waals surface area contributed by atoms with E-state index in [1.165, 1.54) is 20.2 Å². The number of nitrogens with zero attached hydrogens (tertiary/aromatic N) is 3. The summed E-state index contributed by atoms with van der Waals surface area (Å²) in [6, 6.07) is -2.83. The van der Waals surface area contributed by atoms with Gasteiger partial charge in [-0.15, -0.1) is 10.2 Å². The van der Waals surface area contributed by atoms with Gasteiger partial charge in [0.2, 0.25) is 0 Å². The minimum absolute atomic E-state index is 0.451. The van der Waals surface area contributed by atoms with Gasteiger partial charge in [-0.25, -0.2) is 4.79 Å². The Balaban J connectivity index is 2.70. The molecule has 10 heteroatoms. The Hall–Kier alpha value is -1.84. The first kappa shape index (κ1) is 18.2. The fourth-order valence-electron chi connectivity index (χ4n) is 1.95. The van der Waals surface area contributed by atoms with Crippen molar-refractivity contribution in [1.29, 1.82) is 0 Å². The van der Waals surface area contributed by atoms with Gasteiger partial charge in [0.05, 0.1) is 12.1 Å². The molecule has 0 aliphatic rings. The van der Waals surface area contributed by atoms with Gasteiger partial charge in [-0.2, -0.15) is 13.2 Å². The van der Waals surface area contributed by atoms with Crippen molar-refractivity contribution in [3.05, 3.63) is 12.2 Å². The molecule has 2 amide bonds. The predicted molar refractivity (Wildman–Crippen MR) is 71.8 cm³/mol. The highest BCUT2D eigenvalue weighted by atomic mass is 19.4. The molecule has 0 spiro atoms. The third kappa shape index (κ3) is 4.58. The minimum Gasteiger partial charge on any atom is -0.382 e. The highest BCUT2D eigenvalue weighted by Crippen LogP contribution is 2.25. The van der Waals surface area contributed by atoms with Crippen LogP contribution in [0.15, 0.2) is 6.33 Å². The van der Waals surface area contributed by atoms with Crippen LogP contribution in [0.25, 0.3) is 0 Å². The molecular weight excluding hydrogens is 303 g/mol. The van der Waals surface area contributed by atoms with Crippen molar-refractivity contribution < 1.29 is 23.1 Å². The molecule has 0 fully saturated rings. The molecule has 1 aromatic rings. The van der Waals surface area contributed by atoms with Crippen LogP contribution in [-0.2, 0) is 7.05 Å². The minimum atomic E-state index is -4.81. The topological polar surface area (TPSA) is 92.1 Å². The molecule has 1 rings (SSSR count). The van der Waals surface area contributed by atoms with E-state index in [0.717, 1.165) is 0 Å². The summed E-state index contributed by atoms with van der Waals surface area (Å²) in [5.41, 5.74) is 0. The van der Waals surface area contributed by atoms with E-state index in [4.69, 9.17) is 0 Å². The molecule has 1 aromatic heterocycles. The second-order valence-electron chi connectivity index (χ2n) is 5.40. The molecular formula is C12H20F3N5O2. The van der Waals surface area contributed by atoms with Gasteiger partial charge < -0.3 is 20.3 Å². The summed E-state index contributed by atoms with van der Waals surface area (Å²) in [7, 11) is 1.68. The van der Waals surface area contributed by atoms with E-state index in [-0.39, 0.29) is 0 Å².